The molecular weight excluding hydrogens is 254 g/mol. The second-order valence-electron chi connectivity index (χ2n) is 4.69. The fraction of sp³-hybridized carbons (Fsp3) is 0.538. The Morgan fingerprint density at radius 2 is 1.83 bits per heavy atom. The van der Waals surface area contributed by atoms with Crippen LogP contribution in [0.4, 0.5) is 14.5 Å². The van der Waals surface area contributed by atoms with E-state index >= 15 is 0 Å². The van der Waals surface area contributed by atoms with E-state index in [1.165, 1.54) is 12.1 Å². The number of nitrogens with zero attached hydrogens (tertiary/aromatic N) is 1. The second-order valence-corrected chi connectivity index (χ2v) is 5.91. The first-order valence-corrected chi connectivity index (χ1v) is 7.29. The Morgan fingerprint density at radius 3 is 2.33 bits per heavy atom. The Labute approximate surface area is 111 Å². The van der Waals surface area contributed by atoms with Gasteiger partial charge in [0.1, 0.15) is 17.3 Å². The molecule has 5 heteroatoms. The van der Waals surface area contributed by atoms with E-state index in [1.54, 1.807) is 4.90 Å². The molecule has 1 unspecified atom stereocenters. The molecule has 2 N–H and O–H groups in total. The van der Waals surface area contributed by atoms with E-state index < -0.39 is 11.6 Å². The number of anilines is 1. The van der Waals surface area contributed by atoms with Crippen LogP contribution < -0.4 is 10.6 Å². The number of thioether (sulfide) groups is 1. The summed E-state index contributed by atoms with van der Waals surface area (Å²) in [5.41, 5.74) is 6.38. The lowest BCUT2D eigenvalue weighted by atomic mass is 10.1. The highest BCUT2D eigenvalue weighted by atomic mass is 32.2. The molecule has 0 amide bonds. The summed E-state index contributed by atoms with van der Waals surface area (Å²) >= 11 is 1.81. The van der Waals surface area contributed by atoms with E-state index in [4.69, 9.17) is 5.73 Å². The quantitative estimate of drug-likeness (QED) is 0.916. The molecule has 1 saturated heterocycles. The smallest absolute Gasteiger partial charge is 0.149 e. The zero-order valence-corrected chi connectivity index (χ0v) is 11.3. The van der Waals surface area contributed by atoms with Crippen molar-refractivity contribution in [3.05, 3.63) is 29.3 Å². The normalized spacial score (nSPS) is 17.9. The Hall–Kier alpha value is -0.810. The van der Waals surface area contributed by atoms with Crippen LogP contribution in [-0.4, -0.2) is 30.6 Å². The van der Waals surface area contributed by atoms with Crippen LogP contribution >= 0.6 is 11.8 Å². The lowest BCUT2D eigenvalue weighted by Gasteiger charge is -2.29. The van der Waals surface area contributed by atoms with Crippen molar-refractivity contribution in [3.8, 4) is 0 Å². The van der Waals surface area contributed by atoms with Crippen LogP contribution in [0.3, 0.4) is 0 Å². The molecule has 18 heavy (non-hydrogen) atoms. The van der Waals surface area contributed by atoms with Crippen molar-refractivity contribution < 1.29 is 8.78 Å². The molecule has 1 aliphatic rings. The molecule has 1 aromatic carbocycles. The summed E-state index contributed by atoms with van der Waals surface area (Å²) in [6, 6.07) is 2.72. The summed E-state index contributed by atoms with van der Waals surface area (Å²) < 4.78 is 28.0. The van der Waals surface area contributed by atoms with Crippen molar-refractivity contribution in [1.82, 2.24) is 0 Å². The highest BCUT2D eigenvalue weighted by Crippen LogP contribution is 2.27. The van der Waals surface area contributed by atoms with Gasteiger partial charge in [0.05, 0.1) is 0 Å². The third-order valence-electron chi connectivity index (χ3n) is 2.96. The van der Waals surface area contributed by atoms with Crippen LogP contribution in [0.15, 0.2) is 12.1 Å². The summed E-state index contributed by atoms with van der Waals surface area (Å²) in [7, 11) is 0. The fourth-order valence-electron chi connectivity index (χ4n) is 2.20. The van der Waals surface area contributed by atoms with Gasteiger partial charge in [0.15, 0.2) is 0 Å². The van der Waals surface area contributed by atoms with Gasteiger partial charge >= 0.3 is 0 Å². The van der Waals surface area contributed by atoms with Crippen molar-refractivity contribution in [2.75, 3.05) is 29.5 Å². The fourth-order valence-corrected chi connectivity index (χ4v) is 3.10. The lowest BCUT2D eigenvalue weighted by molar-refractivity contribution is 0.568. The number of benzene rings is 1. The third-order valence-corrected chi connectivity index (χ3v) is 3.90. The first-order valence-electron chi connectivity index (χ1n) is 6.14. The SMILES string of the molecule is CC(N)Cc1cc(F)c(N2CCSCC2)c(F)c1. The second kappa shape index (κ2) is 5.89. The zero-order chi connectivity index (χ0) is 13.1. The minimum Gasteiger partial charge on any atom is -0.365 e. The van der Waals surface area contributed by atoms with Crippen LogP contribution in [0.25, 0.3) is 0 Å². The summed E-state index contributed by atoms with van der Waals surface area (Å²) in [6.45, 7) is 3.22. The zero-order valence-electron chi connectivity index (χ0n) is 10.5. The maximum absolute atomic E-state index is 14.0. The van der Waals surface area contributed by atoms with Crippen LogP contribution in [0.2, 0.25) is 0 Å². The molecule has 0 bridgehead atoms. The Kier molecular flexibility index (Phi) is 4.45. The van der Waals surface area contributed by atoms with Crippen LogP contribution in [0.5, 0.6) is 0 Å². The van der Waals surface area contributed by atoms with Gasteiger partial charge in [-0.2, -0.15) is 11.8 Å². The van der Waals surface area contributed by atoms with E-state index in [0.29, 0.717) is 25.1 Å². The Balaban J connectivity index is 2.25. The highest BCUT2D eigenvalue weighted by molar-refractivity contribution is 7.99. The monoisotopic (exact) mass is 272 g/mol. The first kappa shape index (κ1) is 13.6. The van der Waals surface area contributed by atoms with Crippen molar-refractivity contribution in [3.63, 3.8) is 0 Å². The molecule has 1 atom stereocenters. The van der Waals surface area contributed by atoms with E-state index in [2.05, 4.69) is 0 Å². The largest absolute Gasteiger partial charge is 0.365 e. The van der Waals surface area contributed by atoms with Gasteiger partial charge in [-0.1, -0.05) is 0 Å². The van der Waals surface area contributed by atoms with Crippen LogP contribution in [0.1, 0.15) is 12.5 Å². The minimum atomic E-state index is -0.474. The maximum atomic E-state index is 14.0. The Morgan fingerprint density at radius 1 is 1.28 bits per heavy atom. The van der Waals surface area contributed by atoms with E-state index in [-0.39, 0.29) is 11.7 Å². The molecule has 0 aliphatic carbocycles. The first-order chi connectivity index (χ1) is 8.58. The summed E-state index contributed by atoms with van der Waals surface area (Å²) in [6.07, 6.45) is 0.490. The van der Waals surface area contributed by atoms with Crippen LogP contribution in [0, 0.1) is 11.6 Å². The van der Waals surface area contributed by atoms with Crippen molar-refractivity contribution in [1.29, 1.82) is 0 Å². The van der Waals surface area contributed by atoms with E-state index in [1.807, 2.05) is 18.7 Å². The van der Waals surface area contributed by atoms with Crippen molar-refractivity contribution in [2.24, 2.45) is 5.73 Å². The van der Waals surface area contributed by atoms with Gasteiger partial charge < -0.3 is 10.6 Å². The van der Waals surface area contributed by atoms with E-state index in [0.717, 1.165) is 11.5 Å². The highest BCUT2D eigenvalue weighted by Gasteiger charge is 2.20. The average Bonchev–Trinajstić information content (AvgIpc) is 2.28. The minimum absolute atomic E-state index is 0.0963. The van der Waals surface area contributed by atoms with Crippen molar-refractivity contribution >= 4 is 17.4 Å². The molecular formula is C13H18F2N2S. The molecule has 1 heterocycles. The Bertz CT molecular complexity index is 394. The number of rotatable bonds is 3. The number of hydrogen-bond acceptors (Lipinski definition) is 3. The van der Waals surface area contributed by atoms with Gasteiger partial charge in [-0.05, 0) is 31.0 Å². The molecule has 1 aliphatic heterocycles. The predicted molar refractivity (Wildman–Crippen MR) is 73.2 cm³/mol. The van der Waals surface area contributed by atoms with Crippen LogP contribution in [-0.2, 0) is 6.42 Å². The van der Waals surface area contributed by atoms with Gasteiger partial charge in [-0.15, -0.1) is 0 Å². The maximum Gasteiger partial charge on any atom is 0.149 e. The number of halogens is 2. The molecule has 2 rings (SSSR count). The lowest BCUT2D eigenvalue weighted by Crippen LogP contribution is -2.34. The molecule has 0 spiro atoms. The molecule has 1 fully saturated rings. The molecule has 1 aromatic rings. The predicted octanol–water partition coefficient (Wildman–Crippen LogP) is 2.41. The summed E-state index contributed by atoms with van der Waals surface area (Å²) in [5.74, 6) is 0.885. The van der Waals surface area contributed by atoms with Gasteiger partial charge in [0, 0.05) is 30.6 Å². The third kappa shape index (κ3) is 3.14. The standard InChI is InChI=1S/C13H18F2N2S/c1-9(16)6-10-7-11(14)13(12(15)8-10)17-2-4-18-5-3-17/h7-9H,2-6,16H2,1H3. The molecule has 0 radical (unpaired) electrons. The molecule has 100 valence electrons. The van der Waals surface area contributed by atoms with E-state index in [9.17, 15) is 8.78 Å². The number of hydrogen-bond donors (Lipinski definition) is 1. The van der Waals surface area contributed by atoms with Crippen molar-refractivity contribution in [2.45, 2.75) is 19.4 Å². The summed E-state index contributed by atoms with van der Waals surface area (Å²) in [4.78, 5) is 1.79. The molecule has 0 aromatic heterocycles. The molecule has 0 saturated carbocycles. The molecule has 2 nitrogen and oxygen atoms in total. The topological polar surface area (TPSA) is 29.3 Å². The average molecular weight is 272 g/mol. The van der Waals surface area contributed by atoms with Gasteiger partial charge in [0.2, 0.25) is 0 Å². The van der Waals surface area contributed by atoms with Gasteiger partial charge in [0.25, 0.3) is 0 Å². The summed E-state index contributed by atoms with van der Waals surface area (Å²) in [5, 5.41) is 0. The van der Waals surface area contributed by atoms with Gasteiger partial charge in [-0.25, -0.2) is 8.78 Å². The number of nitrogens with two attached hydrogens (primary N) is 1. The van der Waals surface area contributed by atoms with Gasteiger partial charge in [-0.3, -0.25) is 0 Å².